The van der Waals surface area contributed by atoms with Gasteiger partial charge in [0.2, 0.25) is 17.7 Å². The van der Waals surface area contributed by atoms with Gasteiger partial charge in [-0.05, 0) is 37.9 Å². The number of carbonyl (C=O) groups excluding carboxylic acids is 4. The Labute approximate surface area is 169 Å². The number of carbonyl (C=O) groups is 4. The van der Waals surface area contributed by atoms with E-state index in [4.69, 9.17) is 5.73 Å². The SMILES string of the molecule is Cl.NCCCCCC(=O)Nc1cccc2c1CN(C1CCC(=O)NC1=O)C2=O. The summed E-state index contributed by atoms with van der Waals surface area (Å²) in [6.07, 6.45) is 3.48. The Balaban J connectivity index is 0.00000280. The highest BCUT2D eigenvalue weighted by molar-refractivity contribution is 6.06. The summed E-state index contributed by atoms with van der Waals surface area (Å²) in [6, 6.07) is 4.51. The first-order valence-corrected chi connectivity index (χ1v) is 9.27. The van der Waals surface area contributed by atoms with Crippen molar-refractivity contribution in [3.63, 3.8) is 0 Å². The van der Waals surface area contributed by atoms with Crippen LogP contribution in [0.1, 0.15) is 54.4 Å². The van der Waals surface area contributed by atoms with Crippen LogP contribution < -0.4 is 16.4 Å². The summed E-state index contributed by atoms with van der Waals surface area (Å²) in [5, 5.41) is 5.16. The number of hydrogen-bond donors (Lipinski definition) is 3. The minimum absolute atomic E-state index is 0. The second-order valence-corrected chi connectivity index (χ2v) is 6.88. The van der Waals surface area contributed by atoms with Gasteiger partial charge in [-0.3, -0.25) is 24.5 Å². The highest BCUT2D eigenvalue weighted by Gasteiger charge is 2.39. The maximum atomic E-state index is 12.7. The maximum Gasteiger partial charge on any atom is 0.255 e. The first-order valence-electron chi connectivity index (χ1n) is 9.27. The Bertz CT molecular complexity index is 783. The zero-order chi connectivity index (χ0) is 19.4. The minimum atomic E-state index is -0.664. The second-order valence-electron chi connectivity index (χ2n) is 6.88. The zero-order valence-electron chi connectivity index (χ0n) is 15.5. The number of anilines is 1. The zero-order valence-corrected chi connectivity index (χ0v) is 16.3. The number of nitrogens with one attached hydrogen (secondary N) is 2. The Hall–Kier alpha value is -2.45. The molecule has 0 radical (unpaired) electrons. The average molecular weight is 409 g/mol. The number of unbranched alkanes of at least 4 members (excludes halogenated alkanes) is 2. The quantitative estimate of drug-likeness (QED) is 0.464. The van der Waals surface area contributed by atoms with Gasteiger partial charge in [-0.1, -0.05) is 12.5 Å². The smallest absolute Gasteiger partial charge is 0.255 e. The fraction of sp³-hybridized carbons (Fsp3) is 0.474. The molecule has 2 aliphatic rings. The predicted molar refractivity (Wildman–Crippen MR) is 106 cm³/mol. The summed E-state index contributed by atoms with van der Waals surface area (Å²) in [6.45, 7) is 0.857. The van der Waals surface area contributed by atoms with E-state index in [1.165, 1.54) is 4.90 Å². The average Bonchev–Trinajstić information content (AvgIpc) is 2.97. The molecule has 1 fully saturated rings. The number of amides is 4. The number of piperidine rings is 1. The van der Waals surface area contributed by atoms with Gasteiger partial charge in [-0.2, -0.15) is 0 Å². The summed E-state index contributed by atoms with van der Waals surface area (Å²) >= 11 is 0. The molecule has 1 aromatic rings. The molecule has 28 heavy (non-hydrogen) atoms. The predicted octanol–water partition coefficient (Wildman–Crippen LogP) is 1.33. The molecule has 0 bridgehead atoms. The molecule has 3 rings (SSSR count). The third-order valence-corrected chi connectivity index (χ3v) is 4.96. The molecule has 0 aliphatic carbocycles. The van der Waals surface area contributed by atoms with Crippen molar-refractivity contribution < 1.29 is 19.2 Å². The number of hydrogen-bond acceptors (Lipinski definition) is 5. The van der Waals surface area contributed by atoms with Gasteiger partial charge in [-0.15, -0.1) is 12.4 Å². The molecule has 9 heteroatoms. The molecule has 8 nitrogen and oxygen atoms in total. The third kappa shape index (κ3) is 4.69. The van der Waals surface area contributed by atoms with E-state index < -0.39 is 11.9 Å². The van der Waals surface area contributed by atoms with Crippen LogP contribution in [0.25, 0.3) is 0 Å². The number of nitrogens with zero attached hydrogens (tertiary/aromatic N) is 1. The van der Waals surface area contributed by atoms with E-state index in [0.29, 0.717) is 36.2 Å². The molecule has 1 saturated heterocycles. The summed E-state index contributed by atoms with van der Waals surface area (Å²) in [7, 11) is 0. The molecule has 1 atom stereocenters. The second kappa shape index (κ2) is 9.66. The highest BCUT2D eigenvalue weighted by atomic mass is 35.5. The Morgan fingerprint density at radius 1 is 1.21 bits per heavy atom. The number of rotatable bonds is 7. The molecule has 152 valence electrons. The number of nitrogens with two attached hydrogens (primary N) is 1. The lowest BCUT2D eigenvalue weighted by atomic mass is 10.0. The fourth-order valence-corrected chi connectivity index (χ4v) is 3.52. The van der Waals surface area contributed by atoms with E-state index in [2.05, 4.69) is 10.6 Å². The topological polar surface area (TPSA) is 122 Å². The monoisotopic (exact) mass is 408 g/mol. The van der Waals surface area contributed by atoms with Gasteiger partial charge in [0, 0.05) is 36.2 Å². The number of benzene rings is 1. The van der Waals surface area contributed by atoms with Crippen LogP contribution >= 0.6 is 12.4 Å². The fourth-order valence-electron chi connectivity index (χ4n) is 3.52. The van der Waals surface area contributed by atoms with Gasteiger partial charge in [-0.25, -0.2) is 0 Å². The Kier molecular flexibility index (Phi) is 7.53. The van der Waals surface area contributed by atoms with E-state index in [1.807, 2.05) is 0 Å². The molecule has 4 amide bonds. The van der Waals surface area contributed by atoms with Crippen molar-refractivity contribution in [3.8, 4) is 0 Å². The van der Waals surface area contributed by atoms with Gasteiger partial charge in [0.1, 0.15) is 6.04 Å². The lowest BCUT2D eigenvalue weighted by Crippen LogP contribution is -2.52. The largest absolute Gasteiger partial charge is 0.330 e. The number of imide groups is 1. The normalized spacial score (nSPS) is 18.4. The first kappa shape index (κ1) is 21.8. The molecule has 1 aromatic carbocycles. The van der Waals surface area contributed by atoms with Crippen molar-refractivity contribution >= 4 is 41.7 Å². The molecule has 0 saturated carbocycles. The molecular formula is C19H25ClN4O4. The molecule has 1 unspecified atom stereocenters. The van der Waals surface area contributed by atoms with Crippen LogP contribution in [0.5, 0.6) is 0 Å². The van der Waals surface area contributed by atoms with Crippen molar-refractivity contribution in [2.45, 2.75) is 51.1 Å². The lowest BCUT2D eigenvalue weighted by molar-refractivity contribution is -0.137. The lowest BCUT2D eigenvalue weighted by Gasteiger charge is -2.29. The van der Waals surface area contributed by atoms with Crippen LogP contribution in [0, 0.1) is 0 Å². The first-order chi connectivity index (χ1) is 13.0. The Morgan fingerprint density at radius 2 is 2.00 bits per heavy atom. The van der Waals surface area contributed by atoms with Crippen LogP contribution in [0.4, 0.5) is 5.69 Å². The standard InChI is InChI=1S/C19H24N4O4.ClH/c20-10-3-1-2-7-16(24)21-14-6-4-5-12-13(14)11-23(19(12)27)15-8-9-17(25)22-18(15)26;/h4-6,15H,1-3,7-11,20H2,(H,21,24)(H,22,25,26);1H. The van der Waals surface area contributed by atoms with E-state index in [9.17, 15) is 19.2 Å². The maximum absolute atomic E-state index is 12.7. The van der Waals surface area contributed by atoms with Gasteiger partial charge < -0.3 is 16.0 Å². The number of halogens is 1. The van der Waals surface area contributed by atoms with Gasteiger partial charge in [0.15, 0.2) is 0 Å². The molecule has 4 N–H and O–H groups in total. The van der Waals surface area contributed by atoms with E-state index in [1.54, 1.807) is 18.2 Å². The molecule has 0 spiro atoms. The number of fused-ring (bicyclic) bond motifs is 1. The van der Waals surface area contributed by atoms with E-state index >= 15 is 0 Å². The van der Waals surface area contributed by atoms with Crippen molar-refractivity contribution in [3.05, 3.63) is 29.3 Å². The van der Waals surface area contributed by atoms with Crippen LogP contribution in [-0.2, 0) is 20.9 Å². The van der Waals surface area contributed by atoms with Crippen LogP contribution in [0.15, 0.2) is 18.2 Å². The molecule has 2 heterocycles. The molecule has 2 aliphatic heterocycles. The van der Waals surface area contributed by atoms with Crippen molar-refractivity contribution in [2.75, 3.05) is 11.9 Å². The highest BCUT2D eigenvalue weighted by Crippen LogP contribution is 2.32. The van der Waals surface area contributed by atoms with Gasteiger partial charge in [0.05, 0.1) is 0 Å². The van der Waals surface area contributed by atoms with Crippen molar-refractivity contribution in [1.29, 1.82) is 0 Å². The van der Waals surface area contributed by atoms with Crippen molar-refractivity contribution in [1.82, 2.24) is 10.2 Å². The van der Waals surface area contributed by atoms with E-state index in [-0.39, 0.29) is 43.1 Å². The third-order valence-electron chi connectivity index (χ3n) is 4.96. The van der Waals surface area contributed by atoms with Crippen LogP contribution in [0.2, 0.25) is 0 Å². The molecule has 0 aromatic heterocycles. The van der Waals surface area contributed by atoms with Crippen LogP contribution in [0.3, 0.4) is 0 Å². The van der Waals surface area contributed by atoms with Gasteiger partial charge in [0.25, 0.3) is 5.91 Å². The Morgan fingerprint density at radius 3 is 2.71 bits per heavy atom. The van der Waals surface area contributed by atoms with Crippen LogP contribution in [-0.4, -0.2) is 41.1 Å². The summed E-state index contributed by atoms with van der Waals surface area (Å²) in [5.41, 5.74) is 7.25. The summed E-state index contributed by atoms with van der Waals surface area (Å²) in [4.78, 5) is 49.9. The summed E-state index contributed by atoms with van der Waals surface area (Å²) in [5.74, 6) is -1.12. The summed E-state index contributed by atoms with van der Waals surface area (Å²) < 4.78 is 0. The van der Waals surface area contributed by atoms with Gasteiger partial charge >= 0.3 is 0 Å². The van der Waals surface area contributed by atoms with Crippen molar-refractivity contribution in [2.24, 2.45) is 5.73 Å². The molecular weight excluding hydrogens is 384 g/mol. The minimum Gasteiger partial charge on any atom is -0.330 e. The van der Waals surface area contributed by atoms with E-state index in [0.717, 1.165) is 19.3 Å².